The van der Waals surface area contributed by atoms with Crippen molar-refractivity contribution in [1.82, 2.24) is 19.5 Å². The Morgan fingerprint density at radius 3 is 2.62 bits per heavy atom. The van der Waals surface area contributed by atoms with Gasteiger partial charge < -0.3 is 10.3 Å². The van der Waals surface area contributed by atoms with E-state index in [0.29, 0.717) is 5.82 Å². The highest BCUT2D eigenvalue weighted by atomic mass is 32.2. The number of nitrogens with one attached hydrogen (secondary N) is 1. The highest BCUT2D eigenvalue weighted by Gasteiger charge is 2.22. The average Bonchev–Trinajstić information content (AvgIpc) is 2.81. The van der Waals surface area contributed by atoms with Crippen molar-refractivity contribution in [3.8, 4) is 0 Å². The van der Waals surface area contributed by atoms with Gasteiger partial charge in [0.25, 0.3) is 0 Å². The number of benzene rings is 1. The number of sulfonamides is 1. The fraction of sp³-hybridized carbons (Fsp3) is 0.333. The molecule has 0 saturated heterocycles. The molecule has 0 aliphatic carbocycles. The molecule has 9 heteroatoms. The highest BCUT2D eigenvalue weighted by molar-refractivity contribution is 7.89. The van der Waals surface area contributed by atoms with Gasteiger partial charge in [0.15, 0.2) is 0 Å². The predicted molar refractivity (Wildman–Crippen MR) is 75.3 cm³/mol. The van der Waals surface area contributed by atoms with Crippen LogP contribution in [0.25, 0.3) is 0 Å². The number of halogens is 1. The van der Waals surface area contributed by atoms with Crippen molar-refractivity contribution < 1.29 is 12.8 Å². The molecule has 1 aromatic carbocycles. The van der Waals surface area contributed by atoms with Crippen molar-refractivity contribution in [2.45, 2.75) is 24.8 Å². The predicted octanol–water partition coefficient (Wildman–Crippen LogP) is 0.884. The van der Waals surface area contributed by atoms with E-state index in [1.807, 2.05) is 0 Å². The van der Waals surface area contributed by atoms with Crippen LogP contribution in [0, 0.1) is 12.7 Å². The van der Waals surface area contributed by atoms with Gasteiger partial charge in [0.2, 0.25) is 10.0 Å². The van der Waals surface area contributed by atoms with Crippen LogP contribution >= 0.6 is 0 Å². The van der Waals surface area contributed by atoms with Gasteiger partial charge in [-0.1, -0.05) is 0 Å². The molecule has 0 saturated carbocycles. The Morgan fingerprint density at radius 2 is 2.10 bits per heavy atom. The van der Waals surface area contributed by atoms with Crippen LogP contribution in [0.2, 0.25) is 0 Å². The number of aryl methyl sites for hydroxylation is 2. The van der Waals surface area contributed by atoms with E-state index in [2.05, 4.69) is 14.9 Å². The van der Waals surface area contributed by atoms with Gasteiger partial charge in [-0.05, 0) is 31.5 Å². The summed E-state index contributed by atoms with van der Waals surface area (Å²) in [5, 5.41) is 7.54. The Balaban J connectivity index is 2.33. The summed E-state index contributed by atoms with van der Waals surface area (Å²) in [6.45, 7) is 3.10. The van der Waals surface area contributed by atoms with Crippen molar-refractivity contribution >= 4 is 15.7 Å². The summed E-state index contributed by atoms with van der Waals surface area (Å²) in [7, 11) is -2.13. The highest BCUT2D eigenvalue weighted by Crippen LogP contribution is 2.22. The topological polar surface area (TPSA) is 103 Å². The lowest BCUT2D eigenvalue weighted by Gasteiger charge is -2.14. The van der Waals surface area contributed by atoms with Gasteiger partial charge in [0.1, 0.15) is 18.0 Å². The molecule has 3 N–H and O–H groups in total. The smallest absolute Gasteiger partial charge is 0.241 e. The average molecular weight is 313 g/mol. The molecule has 1 unspecified atom stereocenters. The Bertz CT molecular complexity index is 749. The van der Waals surface area contributed by atoms with Crippen molar-refractivity contribution in [2.24, 2.45) is 7.05 Å². The number of rotatable bonds is 4. The van der Waals surface area contributed by atoms with E-state index in [1.165, 1.54) is 19.3 Å². The van der Waals surface area contributed by atoms with Gasteiger partial charge in [-0.2, -0.15) is 0 Å². The van der Waals surface area contributed by atoms with E-state index in [0.717, 1.165) is 6.07 Å². The zero-order valence-corrected chi connectivity index (χ0v) is 12.6. The first kappa shape index (κ1) is 15.4. The molecule has 0 amide bonds. The first-order valence-electron chi connectivity index (χ1n) is 6.14. The minimum atomic E-state index is -3.84. The van der Waals surface area contributed by atoms with Gasteiger partial charge in [0.05, 0.1) is 16.6 Å². The van der Waals surface area contributed by atoms with Crippen LogP contribution in [0.1, 0.15) is 24.4 Å². The first-order valence-corrected chi connectivity index (χ1v) is 7.62. The first-order chi connectivity index (χ1) is 9.72. The molecule has 0 fully saturated rings. The molecule has 0 aliphatic heterocycles. The molecule has 0 radical (unpaired) electrons. The van der Waals surface area contributed by atoms with Gasteiger partial charge in [0, 0.05) is 7.05 Å². The lowest BCUT2D eigenvalue weighted by molar-refractivity contribution is 0.552. The molecule has 2 rings (SSSR count). The molecule has 1 heterocycles. The van der Waals surface area contributed by atoms with E-state index in [9.17, 15) is 12.8 Å². The summed E-state index contributed by atoms with van der Waals surface area (Å²) in [4.78, 5) is -0.0899. The third kappa shape index (κ3) is 3.03. The molecular weight excluding hydrogens is 297 g/mol. The Hall–Kier alpha value is -2.00. The fourth-order valence-corrected chi connectivity index (χ4v) is 3.28. The molecular formula is C12H16FN5O2S. The SMILES string of the molecule is Cc1cc(S(=O)(=O)NC(C)c2nncn2C)cc(N)c1F. The lowest BCUT2D eigenvalue weighted by atomic mass is 10.2. The normalized spacial score (nSPS) is 13.3. The minimum absolute atomic E-state index is 0.0899. The van der Waals surface area contributed by atoms with Crippen LogP contribution in [0.3, 0.4) is 0 Å². The molecule has 1 atom stereocenters. The zero-order valence-electron chi connectivity index (χ0n) is 11.8. The van der Waals surface area contributed by atoms with E-state index < -0.39 is 21.9 Å². The van der Waals surface area contributed by atoms with E-state index in [-0.39, 0.29) is 16.1 Å². The number of nitrogens with two attached hydrogens (primary N) is 1. The quantitative estimate of drug-likeness (QED) is 0.816. The van der Waals surface area contributed by atoms with Crippen molar-refractivity contribution in [3.05, 3.63) is 35.7 Å². The fourth-order valence-electron chi connectivity index (χ4n) is 1.96. The second-order valence-corrected chi connectivity index (χ2v) is 6.50. The largest absolute Gasteiger partial charge is 0.396 e. The second kappa shape index (κ2) is 5.41. The molecule has 0 bridgehead atoms. The summed E-state index contributed by atoms with van der Waals surface area (Å²) in [5.74, 6) is -0.152. The second-order valence-electron chi connectivity index (χ2n) is 4.79. The standard InChI is InChI=1S/C12H16FN5O2S/c1-7-4-9(5-10(14)11(7)13)21(19,20)17-8(2)12-16-15-6-18(12)3/h4-6,8,17H,14H2,1-3H3. The van der Waals surface area contributed by atoms with E-state index in [4.69, 9.17) is 5.73 Å². The van der Waals surface area contributed by atoms with Crippen LogP contribution in [-0.4, -0.2) is 23.2 Å². The zero-order chi connectivity index (χ0) is 15.8. The number of anilines is 1. The molecule has 114 valence electrons. The van der Waals surface area contributed by atoms with Gasteiger partial charge in [-0.25, -0.2) is 17.5 Å². The number of nitrogens with zero attached hydrogens (tertiary/aromatic N) is 3. The van der Waals surface area contributed by atoms with Gasteiger partial charge >= 0.3 is 0 Å². The monoisotopic (exact) mass is 313 g/mol. The third-order valence-electron chi connectivity index (χ3n) is 3.03. The summed E-state index contributed by atoms with van der Waals surface area (Å²) in [6, 6.07) is 1.74. The lowest BCUT2D eigenvalue weighted by Crippen LogP contribution is -2.28. The molecule has 1 aromatic heterocycles. The molecule has 2 aromatic rings. The molecule has 0 aliphatic rings. The van der Waals surface area contributed by atoms with Gasteiger partial charge in [-0.15, -0.1) is 10.2 Å². The third-order valence-corrected chi connectivity index (χ3v) is 4.55. The van der Waals surface area contributed by atoms with Crippen molar-refractivity contribution in [2.75, 3.05) is 5.73 Å². The summed E-state index contributed by atoms with van der Waals surface area (Å²) in [6.07, 6.45) is 1.47. The maximum Gasteiger partial charge on any atom is 0.241 e. The van der Waals surface area contributed by atoms with Crippen LogP contribution in [-0.2, 0) is 17.1 Å². The van der Waals surface area contributed by atoms with Crippen molar-refractivity contribution in [1.29, 1.82) is 0 Å². The summed E-state index contributed by atoms with van der Waals surface area (Å²) >= 11 is 0. The maximum atomic E-state index is 13.5. The Kier molecular flexibility index (Phi) is 3.97. The number of hydrogen-bond donors (Lipinski definition) is 2. The summed E-state index contributed by atoms with van der Waals surface area (Å²) < 4.78 is 42.2. The van der Waals surface area contributed by atoms with Crippen LogP contribution < -0.4 is 10.5 Å². The molecule has 0 spiro atoms. The van der Waals surface area contributed by atoms with Crippen LogP contribution in [0.5, 0.6) is 0 Å². The van der Waals surface area contributed by atoms with Crippen LogP contribution in [0.15, 0.2) is 23.4 Å². The van der Waals surface area contributed by atoms with Gasteiger partial charge in [-0.3, -0.25) is 0 Å². The number of nitrogen functional groups attached to an aromatic ring is 1. The minimum Gasteiger partial charge on any atom is -0.396 e. The number of hydrogen-bond acceptors (Lipinski definition) is 5. The Morgan fingerprint density at radius 1 is 1.43 bits per heavy atom. The Labute approximate surface area is 122 Å². The van der Waals surface area contributed by atoms with Crippen LogP contribution in [0.4, 0.5) is 10.1 Å². The van der Waals surface area contributed by atoms with Crippen molar-refractivity contribution in [3.63, 3.8) is 0 Å². The number of aromatic nitrogens is 3. The van der Waals surface area contributed by atoms with E-state index in [1.54, 1.807) is 18.5 Å². The molecule has 7 nitrogen and oxygen atoms in total. The van der Waals surface area contributed by atoms with E-state index >= 15 is 0 Å². The molecule has 21 heavy (non-hydrogen) atoms. The summed E-state index contributed by atoms with van der Waals surface area (Å²) in [5.41, 5.74) is 5.44. The maximum absolute atomic E-state index is 13.5.